The van der Waals surface area contributed by atoms with Crippen LogP contribution in [-0.2, 0) is 4.74 Å². The van der Waals surface area contributed by atoms with Gasteiger partial charge in [-0.1, -0.05) is 20.8 Å². The van der Waals surface area contributed by atoms with Crippen molar-refractivity contribution in [1.82, 2.24) is 10.2 Å². The van der Waals surface area contributed by atoms with Gasteiger partial charge in [0.2, 0.25) is 0 Å². The molecule has 2 rings (SSSR count). The summed E-state index contributed by atoms with van der Waals surface area (Å²) in [6, 6.07) is 0.716. The number of rotatable bonds is 3. The number of nitrogens with zero attached hydrogens (tertiary/aromatic N) is 1. The normalized spacial score (nSPS) is 33.6. The smallest absolute Gasteiger partial charge is 0.0471 e. The van der Waals surface area contributed by atoms with Crippen molar-refractivity contribution in [2.75, 3.05) is 39.4 Å². The lowest BCUT2D eigenvalue weighted by Gasteiger charge is -2.40. The van der Waals surface area contributed by atoms with E-state index < -0.39 is 0 Å². The highest BCUT2D eigenvalue weighted by molar-refractivity contribution is 4.83. The van der Waals surface area contributed by atoms with E-state index in [1.165, 1.54) is 51.9 Å². The molecule has 0 saturated carbocycles. The van der Waals surface area contributed by atoms with Gasteiger partial charge in [0.25, 0.3) is 0 Å². The summed E-state index contributed by atoms with van der Waals surface area (Å²) >= 11 is 0. The quantitative estimate of drug-likeness (QED) is 0.851. The molecule has 2 aliphatic rings. The predicted octanol–water partition coefficient (Wildman–Crippen LogP) is 2.51. The number of hydrogen-bond donors (Lipinski definition) is 1. The Morgan fingerprint density at radius 2 is 2.05 bits per heavy atom. The van der Waals surface area contributed by atoms with E-state index in [2.05, 4.69) is 31.0 Å². The molecule has 2 aliphatic heterocycles. The highest BCUT2D eigenvalue weighted by Gasteiger charge is 2.30. The second-order valence-corrected chi connectivity index (χ2v) is 7.07. The van der Waals surface area contributed by atoms with Crippen molar-refractivity contribution >= 4 is 0 Å². The van der Waals surface area contributed by atoms with Crippen LogP contribution in [0.4, 0.5) is 0 Å². The monoisotopic (exact) mass is 268 g/mol. The van der Waals surface area contributed by atoms with E-state index >= 15 is 0 Å². The molecular weight excluding hydrogens is 236 g/mol. The van der Waals surface area contributed by atoms with Crippen LogP contribution >= 0.6 is 0 Å². The van der Waals surface area contributed by atoms with E-state index in [9.17, 15) is 0 Å². The first-order chi connectivity index (χ1) is 9.11. The van der Waals surface area contributed by atoms with E-state index in [4.69, 9.17) is 4.74 Å². The SMILES string of the molecule is CCC1CCN(CC2(C)CCOCC2)CC(C)CN1. The zero-order valence-corrected chi connectivity index (χ0v) is 13.1. The van der Waals surface area contributed by atoms with E-state index in [-0.39, 0.29) is 0 Å². The summed E-state index contributed by atoms with van der Waals surface area (Å²) in [5, 5.41) is 3.71. The Morgan fingerprint density at radius 3 is 2.74 bits per heavy atom. The molecule has 2 saturated heterocycles. The zero-order chi connectivity index (χ0) is 13.7. The summed E-state index contributed by atoms with van der Waals surface area (Å²) in [4.78, 5) is 2.72. The molecule has 0 radical (unpaired) electrons. The molecular formula is C16H32N2O. The Labute approximate surface area is 119 Å². The van der Waals surface area contributed by atoms with E-state index in [0.717, 1.165) is 19.1 Å². The van der Waals surface area contributed by atoms with Gasteiger partial charge in [0, 0.05) is 32.3 Å². The van der Waals surface area contributed by atoms with E-state index in [0.29, 0.717) is 11.5 Å². The molecule has 1 N–H and O–H groups in total. The maximum absolute atomic E-state index is 5.53. The molecule has 3 nitrogen and oxygen atoms in total. The molecule has 19 heavy (non-hydrogen) atoms. The predicted molar refractivity (Wildman–Crippen MR) is 80.5 cm³/mol. The Hall–Kier alpha value is -0.120. The minimum absolute atomic E-state index is 0.478. The topological polar surface area (TPSA) is 24.5 Å². The first kappa shape index (κ1) is 15.3. The van der Waals surface area contributed by atoms with Crippen LogP contribution in [0.5, 0.6) is 0 Å². The van der Waals surface area contributed by atoms with Gasteiger partial charge in [0.1, 0.15) is 0 Å². The van der Waals surface area contributed by atoms with Crippen molar-refractivity contribution in [3.63, 3.8) is 0 Å². The van der Waals surface area contributed by atoms with Crippen molar-refractivity contribution in [1.29, 1.82) is 0 Å². The zero-order valence-electron chi connectivity index (χ0n) is 13.1. The molecule has 0 spiro atoms. The maximum Gasteiger partial charge on any atom is 0.0471 e. The molecule has 0 aromatic rings. The average molecular weight is 268 g/mol. The first-order valence-corrected chi connectivity index (χ1v) is 8.15. The number of hydrogen-bond acceptors (Lipinski definition) is 3. The average Bonchev–Trinajstić information content (AvgIpc) is 2.37. The third kappa shape index (κ3) is 4.73. The fourth-order valence-electron chi connectivity index (χ4n) is 3.46. The molecule has 0 aliphatic carbocycles. The standard InChI is InChI=1S/C16H32N2O/c1-4-15-5-8-18(12-14(2)11-17-15)13-16(3)6-9-19-10-7-16/h14-15,17H,4-13H2,1-3H3. The summed E-state index contributed by atoms with van der Waals surface area (Å²) in [6.07, 6.45) is 5.02. The van der Waals surface area contributed by atoms with Gasteiger partial charge in [-0.2, -0.15) is 0 Å². The van der Waals surface area contributed by atoms with Crippen LogP contribution in [0.3, 0.4) is 0 Å². The second kappa shape index (κ2) is 7.05. The van der Waals surface area contributed by atoms with Gasteiger partial charge in [0.15, 0.2) is 0 Å². The largest absolute Gasteiger partial charge is 0.381 e. The Kier molecular flexibility index (Phi) is 5.67. The summed E-state index contributed by atoms with van der Waals surface area (Å²) in [6.45, 7) is 14.0. The van der Waals surface area contributed by atoms with Crippen LogP contribution in [0.1, 0.15) is 46.5 Å². The van der Waals surface area contributed by atoms with Gasteiger partial charge >= 0.3 is 0 Å². The lowest BCUT2D eigenvalue weighted by molar-refractivity contribution is 0.00121. The molecule has 2 unspecified atom stereocenters. The fraction of sp³-hybridized carbons (Fsp3) is 1.00. The minimum atomic E-state index is 0.478. The second-order valence-electron chi connectivity index (χ2n) is 7.07. The van der Waals surface area contributed by atoms with Crippen LogP contribution < -0.4 is 5.32 Å². The van der Waals surface area contributed by atoms with Gasteiger partial charge in [-0.25, -0.2) is 0 Å². The molecule has 2 heterocycles. The minimum Gasteiger partial charge on any atom is -0.381 e. The van der Waals surface area contributed by atoms with Crippen molar-refractivity contribution < 1.29 is 4.74 Å². The highest BCUT2D eigenvalue weighted by Crippen LogP contribution is 2.31. The molecule has 0 aromatic heterocycles. The third-order valence-corrected chi connectivity index (χ3v) is 4.92. The molecule has 0 aromatic carbocycles. The van der Waals surface area contributed by atoms with Crippen molar-refractivity contribution in [2.45, 2.75) is 52.5 Å². The Bertz CT molecular complexity index is 263. The fourth-order valence-corrected chi connectivity index (χ4v) is 3.46. The molecule has 2 fully saturated rings. The van der Waals surface area contributed by atoms with Gasteiger partial charge in [0.05, 0.1) is 0 Å². The molecule has 112 valence electrons. The van der Waals surface area contributed by atoms with Crippen LogP contribution in [0.2, 0.25) is 0 Å². The van der Waals surface area contributed by atoms with Gasteiger partial charge in [-0.05, 0) is 50.1 Å². The molecule has 0 bridgehead atoms. The summed E-state index contributed by atoms with van der Waals surface area (Å²) < 4.78 is 5.53. The molecule has 2 atom stereocenters. The lowest BCUT2D eigenvalue weighted by Crippen LogP contribution is -2.47. The Morgan fingerprint density at radius 1 is 1.32 bits per heavy atom. The summed E-state index contributed by atoms with van der Waals surface area (Å²) in [7, 11) is 0. The third-order valence-electron chi connectivity index (χ3n) is 4.92. The lowest BCUT2D eigenvalue weighted by atomic mass is 9.81. The first-order valence-electron chi connectivity index (χ1n) is 8.15. The van der Waals surface area contributed by atoms with Crippen LogP contribution in [-0.4, -0.2) is 50.3 Å². The highest BCUT2D eigenvalue weighted by atomic mass is 16.5. The number of ether oxygens (including phenoxy) is 1. The van der Waals surface area contributed by atoms with Crippen LogP contribution in [0.15, 0.2) is 0 Å². The van der Waals surface area contributed by atoms with Crippen molar-refractivity contribution in [2.24, 2.45) is 11.3 Å². The number of nitrogens with one attached hydrogen (secondary N) is 1. The van der Waals surface area contributed by atoms with Gasteiger partial charge < -0.3 is 15.0 Å². The van der Waals surface area contributed by atoms with Crippen LogP contribution in [0.25, 0.3) is 0 Å². The molecule has 3 heteroatoms. The maximum atomic E-state index is 5.53. The van der Waals surface area contributed by atoms with Crippen molar-refractivity contribution in [3.8, 4) is 0 Å². The van der Waals surface area contributed by atoms with Crippen molar-refractivity contribution in [3.05, 3.63) is 0 Å². The van der Waals surface area contributed by atoms with E-state index in [1.807, 2.05) is 0 Å². The summed E-state index contributed by atoms with van der Waals surface area (Å²) in [5.74, 6) is 0.762. The Balaban J connectivity index is 1.89. The van der Waals surface area contributed by atoms with E-state index in [1.54, 1.807) is 0 Å². The van der Waals surface area contributed by atoms with Gasteiger partial charge in [-0.3, -0.25) is 0 Å². The van der Waals surface area contributed by atoms with Gasteiger partial charge in [-0.15, -0.1) is 0 Å². The summed E-state index contributed by atoms with van der Waals surface area (Å²) in [5.41, 5.74) is 0.478. The van der Waals surface area contributed by atoms with Crippen LogP contribution in [0, 0.1) is 11.3 Å². The molecule has 0 amide bonds.